The molecule has 0 aliphatic carbocycles. The first-order valence-corrected chi connectivity index (χ1v) is 12.6. The van der Waals surface area contributed by atoms with Crippen LogP contribution in [-0.2, 0) is 9.53 Å². The first-order valence-electron chi connectivity index (χ1n) is 11.8. The summed E-state index contributed by atoms with van der Waals surface area (Å²) in [6.07, 6.45) is 0.520. The molecule has 0 spiro atoms. The molecule has 1 heterocycles. The molecule has 0 saturated carbocycles. The summed E-state index contributed by atoms with van der Waals surface area (Å²) in [5, 5.41) is 8.08. The number of benzene rings is 3. The van der Waals surface area contributed by atoms with Crippen molar-refractivity contribution in [3.8, 4) is 16.9 Å². The number of hydrogen-bond acceptors (Lipinski definition) is 4. The highest BCUT2D eigenvalue weighted by Crippen LogP contribution is 2.26. The fourth-order valence-electron chi connectivity index (χ4n) is 3.84. The second kappa shape index (κ2) is 12.7. The van der Waals surface area contributed by atoms with Gasteiger partial charge in [-0.05, 0) is 48.9 Å². The Kier molecular flexibility index (Phi) is 9.12. The lowest BCUT2D eigenvalue weighted by Crippen LogP contribution is -2.39. The van der Waals surface area contributed by atoms with Crippen molar-refractivity contribution in [3.05, 3.63) is 100 Å². The van der Waals surface area contributed by atoms with E-state index in [0.717, 1.165) is 5.56 Å². The number of amides is 2. The topological polar surface area (TPSA) is 76.5 Å². The van der Waals surface area contributed by atoms with Gasteiger partial charge in [-0.2, -0.15) is 5.10 Å². The summed E-state index contributed by atoms with van der Waals surface area (Å²) in [6, 6.07) is 21.5. The molecular formula is C28H25Cl2FN4O3. The van der Waals surface area contributed by atoms with E-state index in [-0.39, 0.29) is 29.5 Å². The zero-order valence-corrected chi connectivity index (χ0v) is 22.0. The number of anilines is 1. The number of ether oxygens (including phenoxy) is 1. The highest BCUT2D eigenvalue weighted by molar-refractivity contribution is 6.36. The summed E-state index contributed by atoms with van der Waals surface area (Å²) in [5.74, 6) is -0.867. The van der Waals surface area contributed by atoms with Crippen LogP contribution in [0.25, 0.3) is 16.9 Å². The lowest BCUT2D eigenvalue weighted by Gasteiger charge is -2.23. The molecule has 196 valence electrons. The van der Waals surface area contributed by atoms with Crippen LogP contribution in [0.4, 0.5) is 10.2 Å². The highest BCUT2D eigenvalue weighted by atomic mass is 35.5. The number of aromatic nitrogens is 2. The largest absolute Gasteiger partial charge is 0.385 e. The number of hydrogen-bond donors (Lipinski definition) is 1. The Morgan fingerprint density at radius 1 is 1.03 bits per heavy atom. The van der Waals surface area contributed by atoms with Crippen LogP contribution in [0.5, 0.6) is 0 Å². The smallest absolute Gasteiger partial charge is 0.255 e. The Hall–Kier alpha value is -3.72. The molecule has 2 amide bonds. The van der Waals surface area contributed by atoms with Gasteiger partial charge in [0.1, 0.15) is 18.2 Å². The minimum atomic E-state index is -0.441. The number of nitrogens with one attached hydrogen (secondary N) is 1. The van der Waals surface area contributed by atoms with Gasteiger partial charge >= 0.3 is 0 Å². The van der Waals surface area contributed by atoms with E-state index in [4.69, 9.17) is 27.9 Å². The third kappa shape index (κ3) is 6.77. The Bertz CT molecular complexity index is 1410. The SMILES string of the molecule is COCCCN(CC(=O)Nc1cc(-c2ccccc2)nn1-c1ccc(F)cc1)C(=O)c1ccc(Cl)cc1Cl. The Balaban J connectivity index is 1.60. The van der Waals surface area contributed by atoms with Gasteiger partial charge in [0.2, 0.25) is 5.91 Å². The summed E-state index contributed by atoms with van der Waals surface area (Å²) in [7, 11) is 1.57. The number of nitrogens with zero attached hydrogens (tertiary/aromatic N) is 3. The maximum atomic E-state index is 13.6. The van der Waals surface area contributed by atoms with Crippen LogP contribution in [0, 0.1) is 5.82 Å². The third-order valence-electron chi connectivity index (χ3n) is 5.68. The van der Waals surface area contributed by atoms with Crippen molar-refractivity contribution in [1.29, 1.82) is 0 Å². The minimum Gasteiger partial charge on any atom is -0.385 e. The van der Waals surface area contributed by atoms with E-state index in [1.54, 1.807) is 31.4 Å². The van der Waals surface area contributed by atoms with Crippen molar-refractivity contribution >= 4 is 40.8 Å². The summed E-state index contributed by atoms with van der Waals surface area (Å²) < 4.78 is 20.2. The number of carbonyl (C=O) groups excluding carboxylic acids is 2. The normalized spacial score (nSPS) is 10.8. The zero-order chi connectivity index (χ0) is 27.1. The second-order valence-electron chi connectivity index (χ2n) is 8.41. The zero-order valence-electron chi connectivity index (χ0n) is 20.5. The van der Waals surface area contributed by atoms with E-state index in [1.165, 1.54) is 33.8 Å². The van der Waals surface area contributed by atoms with Crippen molar-refractivity contribution in [2.45, 2.75) is 6.42 Å². The predicted molar refractivity (Wildman–Crippen MR) is 146 cm³/mol. The van der Waals surface area contributed by atoms with Crippen LogP contribution in [0.2, 0.25) is 10.0 Å². The van der Waals surface area contributed by atoms with Crippen LogP contribution in [0.1, 0.15) is 16.8 Å². The van der Waals surface area contributed by atoms with Crippen LogP contribution in [0.15, 0.2) is 78.9 Å². The van der Waals surface area contributed by atoms with Gasteiger partial charge in [-0.3, -0.25) is 9.59 Å². The van der Waals surface area contributed by atoms with Crippen molar-refractivity contribution < 1.29 is 18.7 Å². The standard InChI is InChI=1S/C28H25Cl2FN4O3/c1-38-15-5-14-34(28(37)23-13-8-20(29)16-24(23)30)18-27(36)32-26-17-25(19-6-3-2-4-7-19)33-35(26)22-11-9-21(31)10-12-22/h2-4,6-13,16-17H,5,14-15,18H2,1H3,(H,32,36). The minimum absolute atomic E-state index is 0.196. The monoisotopic (exact) mass is 554 g/mol. The van der Waals surface area contributed by atoms with Gasteiger partial charge in [-0.15, -0.1) is 0 Å². The molecule has 0 fully saturated rings. The van der Waals surface area contributed by atoms with Crippen molar-refractivity contribution in [3.63, 3.8) is 0 Å². The quantitative estimate of drug-likeness (QED) is 0.240. The van der Waals surface area contributed by atoms with Crippen molar-refractivity contribution in [2.24, 2.45) is 0 Å². The third-order valence-corrected chi connectivity index (χ3v) is 6.23. The molecule has 3 aromatic carbocycles. The van der Waals surface area contributed by atoms with Gasteiger partial charge < -0.3 is 15.0 Å². The molecule has 10 heteroatoms. The van der Waals surface area contributed by atoms with Gasteiger partial charge in [-0.25, -0.2) is 9.07 Å². The van der Waals surface area contributed by atoms with Gasteiger partial charge in [0.25, 0.3) is 5.91 Å². The molecule has 4 aromatic rings. The molecule has 1 aromatic heterocycles. The van der Waals surface area contributed by atoms with Gasteiger partial charge in [0.05, 0.1) is 22.0 Å². The van der Waals surface area contributed by atoms with Crippen LogP contribution in [-0.4, -0.2) is 53.3 Å². The maximum absolute atomic E-state index is 13.6. The fraction of sp³-hybridized carbons (Fsp3) is 0.179. The van der Waals surface area contributed by atoms with Crippen LogP contribution < -0.4 is 5.32 Å². The average Bonchev–Trinajstić information content (AvgIpc) is 3.32. The number of rotatable bonds is 10. The molecule has 4 rings (SSSR count). The Labute approximate surface area is 229 Å². The number of halogens is 3. The van der Waals surface area contributed by atoms with Gasteiger partial charge in [0.15, 0.2) is 0 Å². The average molecular weight is 555 g/mol. The van der Waals surface area contributed by atoms with Crippen molar-refractivity contribution in [2.75, 3.05) is 32.1 Å². The van der Waals surface area contributed by atoms with Crippen LogP contribution >= 0.6 is 23.2 Å². The Morgan fingerprint density at radius 3 is 2.45 bits per heavy atom. The molecule has 38 heavy (non-hydrogen) atoms. The van der Waals surface area contributed by atoms with E-state index < -0.39 is 11.8 Å². The lowest BCUT2D eigenvalue weighted by atomic mass is 10.1. The fourth-order valence-corrected chi connectivity index (χ4v) is 4.33. The molecule has 7 nitrogen and oxygen atoms in total. The van der Waals surface area contributed by atoms with E-state index >= 15 is 0 Å². The molecule has 1 N–H and O–H groups in total. The van der Waals surface area contributed by atoms with Gasteiger partial charge in [0, 0.05) is 36.9 Å². The lowest BCUT2D eigenvalue weighted by molar-refractivity contribution is -0.117. The summed E-state index contributed by atoms with van der Waals surface area (Å²) in [6.45, 7) is 0.444. The van der Waals surface area contributed by atoms with Crippen LogP contribution in [0.3, 0.4) is 0 Å². The van der Waals surface area contributed by atoms with E-state index in [2.05, 4.69) is 10.4 Å². The summed E-state index contributed by atoms with van der Waals surface area (Å²) in [4.78, 5) is 27.9. The van der Waals surface area contributed by atoms with E-state index in [1.807, 2.05) is 30.3 Å². The van der Waals surface area contributed by atoms with Gasteiger partial charge in [-0.1, -0.05) is 53.5 Å². The first kappa shape index (κ1) is 27.3. The highest BCUT2D eigenvalue weighted by Gasteiger charge is 2.22. The van der Waals surface area contributed by atoms with E-state index in [9.17, 15) is 14.0 Å². The second-order valence-corrected chi connectivity index (χ2v) is 9.26. The molecule has 0 aliphatic heterocycles. The molecular weight excluding hydrogens is 530 g/mol. The molecule has 0 aliphatic rings. The Morgan fingerprint density at radius 2 is 1.76 bits per heavy atom. The molecule has 0 radical (unpaired) electrons. The molecule has 0 bridgehead atoms. The first-order chi connectivity index (χ1) is 18.4. The molecule has 0 atom stereocenters. The summed E-state index contributed by atoms with van der Waals surface area (Å²) in [5.41, 5.74) is 2.26. The van der Waals surface area contributed by atoms with E-state index in [0.29, 0.717) is 35.2 Å². The maximum Gasteiger partial charge on any atom is 0.255 e. The predicted octanol–water partition coefficient (Wildman–Crippen LogP) is 6.10. The van der Waals surface area contributed by atoms with Crippen molar-refractivity contribution in [1.82, 2.24) is 14.7 Å². The number of carbonyl (C=O) groups is 2. The molecule has 0 unspecified atom stereocenters. The molecule has 0 saturated heterocycles. The summed E-state index contributed by atoms with van der Waals surface area (Å²) >= 11 is 12.2. The number of methoxy groups -OCH3 is 1.